The summed E-state index contributed by atoms with van der Waals surface area (Å²) < 4.78 is 5.56. The van der Waals surface area contributed by atoms with E-state index in [4.69, 9.17) is 4.74 Å². The van der Waals surface area contributed by atoms with Crippen LogP contribution in [0.1, 0.15) is 59.8 Å². The van der Waals surface area contributed by atoms with Crippen LogP contribution in [0.15, 0.2) is 0 Å². The van der Waals surface area contributed by atoms with Crippen LogP contribution in [-0.2, 0) is 4.74 Å². The zero-order chi connectivity index (χ0) is 12.7. The summed E-state index contributed by atoms with van der Waals surface area (Å²) in [4.78, 5) is 0. The highest BCUT2D eigenvalue weighted by Gasteiger charge is 2.20. The zero-order valence-corrected chi connectivity index (χ0v) is 12.2. The van der Waals surface area contributed by atoms with Crippen LogP contribution in [0.5, 0.6) is 0 Å². The number of rotatable bonds is 6. The van der Waals surface area contributed by atoms with Crippen molar-refractivity contribution in [1.82, 2.24) is 5.32 Å². The molecule has 0 aromatic rings. The summed E-state index contributed by atoms with van der Waals surface area (Å²) in [6.45, 7) is 10.8. The van der Waals surface area contributed by atoms with Gasteiger partial charge in [-0.25, -0.2) is 0 Å². The van der Waals surface area contributed by atoms with Gasteiger partial charge in [-0.2, -0.15) is 0 Å². The Morgan fingerprint density at radius 1 is 1.12 bits per heavy atom. The third-order valence-electron chi connectivity index (χ3n) is 4.10. The van der Waals surface area contributed by atoms with Crippen LogP contribution in [0.4, 0.5) is 0 Å². The molecular weight excluding hydrogens is 210 g/mol. The van der Waals surface area contributed by atoms with Crippen LogP contribution < -0.4 is 5.32 Å². The molecule has 1 fully saturated rings. The van der Waals surface area contributed by atoms with Crippen LogP contribution in [-0.4, -0.2) is 25.3 Å². The molecule has 2 nitrogen and oxygen atoms in total. The molecule has 0 spiro atoms. The number of ether oxygens (including phenoxy) is 1. The molecule has 0 heterocycles. The Balaban J connectivity index is 2.22. The first-order chi connectivity index (χ1) is 8.13. The van der Waals surface area contributed by atoms with Gasteiger partial charge in [-0.3, -0.25) is 0 Å². The fourth-order valence-corrected chi connectivity index (χ4v) is 2.88. The highest BCUT2D eigenvalue weighted by Crippen LogP contribution is 2.28. The van der Waals surface area contributed by atoms with Crippen molar-refractivity contribution in [1.29, 1.82) is 0 Å². The highest BCUT2D eigenvalue weighted by atomic mass is 16.5. The first-order valence-electron chi connectivity index (χ1n) is 7.48. The van der Waals surface area contributed by atoms with E-state index in [0.717, 1.165) is 31.0 Å². The Labute approximate surface area is 108 Å². The van der Waals surface area contributed by atoms with Gasteiger partial charge < -0.3 is 10.1 Å². The average Bonchev–Trinajstić information content (AvgIpc) is 2.52. The van der Waals surface area contributed by atoms with Gasteiger partial charge in [-0.1, -0.05) is 26.7 Å². The fraction of sp³-hybridized carbons (Fsp3) is 1.00. The predicted molar refractivity (Wildman–Crippen MR) is 74.3 cm³/mol. The Morgan fingerprint density at radius 3 is 2.53 bits per heavy atom. The maximum atomic E-state index is 5.56. The number of hydrogen-bond acceptors (Lipinski definition) is 2. The molecule has 1 aliphatic carbocycles. The van der Waals surface area contributed by atoms with Gasteiger partial charge in [0.2, 0.25) is 0 Å². The average molecular weight is 241 g/mol. The molecule has 1 saturated carbocycles. The molecule has 1 N–H and O–H groups in total. The van der Waals surface area contributed by atoms with Crippen LogP contribution in [0.25, 0.3) is 0 Å². The molecule has 0 saturated heterocycles. The van der Waals surface area contributed by atoms with Crippen molar-refractivity contribution in [2.45, 2.75) is 71.9 Å². The van der Waals surface area contributed by atoms with E-state index in [2.05, 4.69) is 33.0 Å². The van der Waals surface area contributed by atoms with E-state index in [1.807, 2.05) is 0 Å². The molecule has 17 heavy (non-hydrogen) atoms. The van der Waals surface area contributed by atoms with Gasteiger partial charge in [-0.15, -0.1) is 0 Å². The van der Waals surface area contributed by atoms with Crippen molar-refractivity contribution >= 4 is 0 Å². The van der Waals surface area contributed by atoms with Crippen molar-refractivity contribution in [2.24, 2.45) is 11.8 Å². The van der Waals surface area contributed by atoms with Crippen molar-refractivity contribution in [3.8, 4) is 0 Å². The normalized spacial score (nSPS) is 28.1. The van der Waals surface area contributed by atoms with E-state index >= 15 is 0 Å². The predicted octanol–water partition coefficient (Wildman–Crippen LogP) is 3.61. The van der Waals surface area contributed by atoms with Crippen LogP contribution in [0.2, 0.25) is 0 Å². The maximum Gasteiger partial charge on any atom is 0.0671 e. The molecule has 0 aromatic carbocycles. The molecule has 0 amide bonds. The molecule has 0 aromatic heterocycles. The smallest absolute Gasteiger partial charge is 0.0671 e. The standard InChI is InChI=1S/C15H31NO/c1-5-17-13(4)11-16-15-8-6-7-14(9-10-15)12(2)3/h12-16H,5-11H2,1-4H3. The van der Waals surface area contributed by atoms with Crippen LogP contribution >= 0.6 is 0 Å². The van der Waals surface area contributed by atoms with E-state index in [-0.39, 0.29) is 0 Å². The monoisotopic (exact) mass is 241 g/mol. The quantitative estimate of drug-likeness (QED) is 0.717. The summed E-state index contributed by atoms with van der Waals surface area (Å²) in [6.07, 6.45) is 7.27. The van der Waals surface area contributed by atoms with E-state index in [9.17, 15) is 0 Å². The molecule has 3 atom stereocenters. The van der Waals surface area contributed by atoms with Crippen LogP contribution in [0, 0.1) is 11.8 Å². The van der Waals surface area contributed by atoms with Gasteiger partial charge in [0.25, 0.3) is 0 Å². The van der Waals surface area contributed by atoms with Crippen molar-refractivity contribution in [3.05, 3.63) is 0 Å². The fourth-order valence-electron chi connectivity index (χ4n) is 2.88. The van der Waals surface area contributed by atoms with Gasteiger partial charge in [0.05, 0.1) is 6.10 Å². The Kier molecular flexibility index (Phi) is 7.14. The largest absolute Gasteiger partial charge is 0.377 e. The molecule has 1 rings (SSSR count). The second-order valence-electron chi connectivity index (χ2n) is 5.88. The lowest BCUT2D eigenvalue weighted by molar-refractivity contribution is 0.0734. The summed E-state index contributed by atoms with van der Waals surface area (Å²) in [7, 11) is 0. The topological polar surface area (TPSA) is 21.3 Å². The van der Waals surface area contributed by atoms with Crippen molar-refractivity contribution < 1.29 is 4.74 Å². The number of nitrogens with one attached hydrogen (secondary N) is 1. The van der Waals surface area contributed by atoms with Gasteiger partial charge in [-0.05, 0) is 44.9 Å². The molecule has 3 unspecified atom stereocenters. The Morgan fingerprint density at radius 2 is 1.88 bits per heavy atom. The number of hydrogen-bond donors (Lipinski definition) is 1. The van der Waals surface area contributed by atoms with Gasteiger partial charge in [0, 0.05) is 19.2 Å². The Hall–Kier alpha value is -0.0800. The molecule has 0 radical (unpaired) electrons. The second kappa shape index (κ2) is 8.10. The lowest BCUT2D eigenvalue weighted by Gasteiger charge is -2.20. The van der Waals surface area contributed by atoms with Gasteiger partial charge >= 0.3 is 0 Å². The van der Waals surface area contributed by atoms with Crippen molar-refractivity contribution in [3.63, 3.8) is 0 Å². The minimum Gasteiger partial charge on any atom is -0.377 e. The van der Waals surface area contributed by atoms with E-state index < -0.39 is 0 Å². The lowest BCUT2D eigenvalue weighted by Crippen LogP contribution is -2.35. The maximum absolute atomic E-state index is 5.56. The summed E-state index contributed by atoms with van der Waals surface area (Å²) >= 11 is 0. The van der Waals surface area contributed by atoms with Crippen LogP contribution in [0.3, 0.4) is 0 Å². The molecular formula is C15H31NO. The first kappa shape index (κ1) is 15.0. The molecule has 1 aliphatic rings. The highest BCUT2D eigenvalue weighted by molar-refractivity contribution is 4.77. The Bertz CT molecular complexity index is 193. The molecule has 2 heteroatoms. The minimum absolute atomic E-state index is 0.351. The zero-order valence-electron chi connectivity index (χ0n) is 12.2. The van der Waals surface area contributed by atoms with E-state index in [1.165, 1.54) is 32.1 Å². The third-order valence-corrected chi connectivity index (χ3v) is 4.10. The SMILES string of the molecule is CCOC(C)CNC1CCCC(C(C)C)CC1. The second-order valence-corrected chi connectivity index (χ2v) is 5.88. The van der Waals surface area contributed by atoms with Gasteiger partial charge in [0.15, 0.2) is 0 Å². The third kappa shape index (κ3) is 5.87. The summed E-state index contributed by atoms with van der Waals surface area (Å²) in [6, 6.07) is 0.724. The van der Waals surface area contributed by atoms with Gasteiger partial charge in [0.1, 0.15) is 0 Å². The summed E-state index contributed by atoms with van der Waals surface area (Å²) in [5.41, 5.74) is 0. The van der Waals surface area contributed by atoms with E-state index in [1.54, 1.807) is 0 Å². The minimum atomic E-state index is 0.351. The van der Waals surface area contributed by atoms with E-state index in [0.29, 0.717) is 6.10 Å². The summed E-state index contributed by atoms with van der Waals surface area (Å²) in [5, 5.41) is 3.68. The lowest BCUT2D eigenvalue weighted by atomic mass is 9.89. The molecule has 102 valence electrons. The first-order valence-corrected chi connectivity index (χ1v) is 7.48. The summed E-state index contributed by atoms with van der Waals surface area (Å²) in [5.74, 6) is 1.81. The molecule has 0 aliphatic heterocycles. The van der Waals surface area contributed by atoms with Crippen molar-refractivity contribution in [2.75, 3.05) is 13.2 Å². The molecule has 0 bridgehead atoms.